The van der Waals surface area contributed by atoms with Gasteiger partial charge in [0.25, 0.3) is 0 Å². The number of aromatic nitrogens is 2. The quantitative estimate of drug-likeness (QED) is 0.595. The van der Waals surface area contributed by atoms with E-state index in [0.29, 0.717) is 0 Å². The van der Waals surface area contributed by atoms with Crippen LogP contribution < -0.4 is 5.14 Å². The lowest BCUT2D eigenvalue weighted by atomic mass is 10.0. The van der Waals surface area contributed by atoms with Gasteiger partial charge in [0, 0.05) is 11.1 Å². The van der Waals surface area contributed by atoms with E-state index in [1.807, 2.05) is 0 Å². The number of primary sulfonamides is 1. The zero-order valence-corrected chi connectivity index (χ0v) is 16.4. The van der Waals surface area contributed by atoms with Gasteiger partial charge in [-0.3, -0.25) is 0 Å². The van der Waals surface area contributed by atoms with Gasteiger partial charge in [-0.1, -0.05) is 36.7 Å². The van der Waals surface area contributed by atoms with Gasteiger partial charge in [-0.05, 0) is 30.7 Å². The molecule has 29 heavy (non-hydrogen) atoms. The summed E-state index contributed by atoms with van der Waals surface area (Å²) in [6.45, 7) is 1.48. The molecule has 3 rings (SSSR count). The number of benzene rings is 2. The second kappa shape index (κ2) is 7.43. The lowest BCUT2D eigenvalue weighted by molar-refractivity contribution is -0.141. The normalized spacial score (nSPS) is 12.4. The van der Waals surface area contributed by atoms with E-state index >= 15 is 0 Å². The molecule has 0 aliphatic carbocycles. The van der Waals surface area contributed by atoms with Gasteiger partial charge in [-0.15, -0.1) is 0 Å². The van der Waals surface area contributed by atoms with Crippen LogP contribution in [0.15, 0.2) is 47.4 Å². The van der Waals surface area contributed by atoms with Crippen molar-refractivity contribution in [3.05, 3.63) is 64.6 Å². The standard InChI is InChI=1S/C18H14ClF4N3O2S/c1-2-11-16(10-7-8-12(19)13(20)9-10)26(25-17(11)18(21,22)23)14-5-3-4-6-15(14)29(24,27)28/h3-9H,2H2,1H3,(H2,24,27,28). The monoisotopic (exact) mass is 447 g/mol. The van der Waals surface area contributed by atoms with Gasteiger partial charge >= 0.3 is 6.18 Å². The highest BCUT2D eigenvalue weighted by Crippen LogP contribution is 2.39. The fourth-order valence-corrected chi connectivity index (χ4v) is 3.83. The molecule has 11 heteroatoms. The second-order valence-electron chi connectivity index (χ2n) is 6.08. The van der Waals surface area contributed by atoms with Crippen LogP contribution in [-0.2, 0) is 22.6 Å². The number of nitrogens with two attached hydrogens (primary N) is 1. The van der Waals surface area contributed by atoms with Crippen LogP contribution in [0.2, 0.25) is 5.02 Å². The van der Waals surface area contributed by atoms with Crippen molar-refractivity contribution in [2.24, 2.45) is 5.14 Å². The van der Waals surface area contributed by atoms with Crippen LogP contribution in [0.3, 0.4) is 0 Å². The average molecular weight is 448 g/mol. The van der Waals surface area contributed by atoms with Crippen LogP contribution in [0, 0.1) is 5.82 Å². The molecule has 154 valence electrons. The summed E-state index contributed by atoms with van der Waals surface area (Å²) in [6.07, 6.45) is -4.90. The summed E-state index contributed by atoms with van der Waals surface area (Å²) in [5.74, 6) is -0.841. The van der Waals surface area contributed by atoms with E-state index in [-0.39, 0.29) is 34.0 Å². The Morgan fingerprint density at radius 1 is 1.17 bits per heavy atom. The second-order valence-corrected chi connectivity index (χ2v) is 8.02. The minimum absolute atomic E-state index is 0.0518. The van der Waals surface area contributed by atoms with Crippen LogP contribution in [0.25, 0.3) is 16.9 Å². The lowest BCUT2D eigenvalue weighted by Gasteiger charge is -2.13. The number of hydrogen-bond acceptors (Lipinski definition) is 3. The molecule has 1 heterocycles. The molecule has 0 spiro atoms. The largest absolute Gasteiger partial charge is 0.435 e. The fourth-order valence-electron chi connectivity index (χ4n) is 3.00. The maximum absolute atomic E-state index is 14.0. The van der Waals surface area contributed by atoms with Gasteiger partial charge in [0.05, 0.1) is 16.4 Å². The minimum Gasteiger partial charge on any atom is -0.231 e. The zero-order chi connectivity index (χ0) is 21.6. The van der Waals surface area contributed by atoms with Gasteiger partial charge in [0.2, 0.25) is 10.0 Å². The molecule has 0 radical (unpaired) electrons. The highest BCUT2D eigenvalue weighted by atomic mass is 35.5. The summed E-state index contributed by atoms with van der Waals surface area (Å²) < 4.78 is 79.7. The van der Waals surface area contributed by atoms with Crippen molar-refractivity contribution in [1.82, 2.24) is 9.78 Å². The molecule has 2 N–H and O–H groups in total. The Balaban J connectivity index is 2.45. The molecule has 0 bridgehead atoms. The Labute approximate surface area is 168 Å². The Bertz CT molecular complexity index is 1190. The van der Waals surface area contributed by atoms with E-state index in [9.17, 15) is 26.0 Å². The summed E-state index contributed by atoms with van der Waals surface area (Å²) in [5, 5.41) is 8.65. The lowest BCUT2D eigenvalue weighted by Crippen LogP contribution is -2.16. The van der Waals surface area contributed by atoms with Crippen LogP contribution in [0.1, 0.15) is 18.2 Å². The van der Waals surface area contributed by atoms with E-state index in [1.54, 1.807) is 0 Å². The molecular weight excluding hydrogens is 434 g/mol. The first-order valence-electron chi connectivity index (χ1n) is 8.21. The van der Waals surface area contributed by atoms with Crippen molar-refractivity contribution in [2.75, 3.05) is 0 Å². The summed E-state index contributed by atoms with van der Waals surface area (Å²) in [4.78, 5) is -0.422. The van der Waals surface area contributed by atoms with Crippen LogP contribution >= 0.6 is 11.6 Å². The van der Waals surface area contributed by atoms with Gasteiger partial charge in [0.15, 0.2) is 5.69 Å². The van der Waals surface area contributed by atoms with Crippen LogP contribution in [0.4, 0.5) is 17.6 Å². The van der Waals surface area contributed by atoms with Crippen LogP contribution in [0.5, 0.6) is 0 Å². The van der Waals surface area contributed by atoms with Crippen molar-refractivity contribution < 1.29 is 26.0 Å². The van der Waals surface area contributed by atoms with E-state index in [2.05, 4.69) is 5.10 Å². The molecule has 3 aromatic rings. The third-order valence-electron chi connectivity index (χ3n) is 4.20. The van der Waals surface area contributed by atoms with E-state index in [1.165, 1.54) is 37.3 Å². The van der Waals surface area contributed by atoms with Gasteiger partial charge in [-0.25, -0.2) is 22.6 Å². The predicted octanol–water partition coefficient (Wildman–Crippen LogP) is 4.56. The molecule has 0 unspecified atom stereocenters. The Kier molecular flexibility index (Phi) is 5.46. The molecule has 0 saturated carbocycles. The van der Waals surface area contributed by atoms with Crippen LogP contribution in [-0.4, -0.2) is 18.2 Å². The Morgan fingerprint density at radius 2 is 1.83 bits per heavy atom. The molecule has 0 amide bonds. The highest BCUT2D eigenvalue weighted by molar-refractivity contribution is 7.89. The summed E-state index contributed by atoms with van der Waals surface area (Å²) in [5.41, 5.74) is -1.66. The number of hydrogen-bond donors (Lipinski definition) is 1. The van der Waals surface area contributed by atoms with Crippen molar-refractivity contribution in [3.63, 3.8) is 0 Å². The van der Waals surface area contributed by atoms with Gasteiger partial charge in [0.1, 0.15) is 10.7 Å². The SMILES string of the molecule is CCc1c(C(F)(F)F)nn(-c2ccccc2S(N)(=O)=O)c1-c1ccc(Cl)c(F)c1. The number of alkyl halides is 3. The number of sulfonamides is 1. The fraction of sp³-hybridized carbons (Fsp3) is 0.167. The zero-order valence-electron chi connectivity index (χ0n) is 14.8. The molecule has 0 saturated heterocycles. The topological polar surface area (TPSA) is 78.0 Å². The maximum Gasteiger partial charge on any atom is 0.435 e. The van der Waals surface area contributed by atoms with Crippen molar-refractivity contribution in [1.29, 1.82) is 0 Å². The Hall–Kier alpha value is -2.43. The summed E-state index contributed by atoms with van der Waals surface area (Å²) in [7, 11) is -4.28. The summed E-state index contributed by atoms with van der Waals surface area (Å²) in [6, 6.07) is 8.71. The molecule has 1 aromatic heterocycles. The first kappa shape index (κ1) is 21.3. The molecular formula is C18H14ClF4N3O2S. The van der Waals surface area contributed by atoms with Crippen molar-refractivity contribution in [2.45, 2.75) is 24.4 Å². The molecule has 0 atom stereocenters. The number of para-hydroxylation sites is 1. The van der Waals surface area contributed by atoms with E-state index in [0.717, 1.165) is 16.8 Å². The van der Waals surface area contributed by atoms with Gasteiger partial charge in [-0.2, -0.15) is 18.3 Å². The highest BCUT2D eigenvalue weighted by Gasteiger charge is 2.39. The van der Waals surface area contributed by atoms with E-state index in [4.69, 9.17) is 16.7 Å². The molecule has 0 aliphatic rings. The molecule has 5 nitrogen and oxygen atoms in total. The Morgan fingerprint density at radius 3 is 2.38 bits per heavy atom. The number of nitrogens with zero attached hydrogens (tertiary/aromatic N) is 2. The smallest absolute Gasteiger partial charge is 0.231 e. The average Bonchev–Trinajstić information content (AvgIpc) is 3.03. The summed E-state index contributed by atoms with van der Waals surface area (Å²) >= 11 is 5.69. The van der Waals surface area contributed by atoms with Crippen molar-refractivity contribution >= 4 is 21.6 Å². The van der Waals surface area contributed by atoms with E-state index < -0.39 is 32.6 Å². The first-order valence-corrected chi connectivity index (χ1v) is 10.1. The molecule has 0 fully saturated rings. The van der Waals surface area contributed by atoms with Crippen molar-refractivity contribution in [3.8, 4) is 16.9 Å². The third kappa shape index (κ3) is 4.00. The molecule has 2 aromatic carbocycles. The maximum atomic E-state index is 14.0. The number of halogens is 5. The van der Waals surface area contributed by atoms with Gasteiger partial charge < -0.3 is 0 Å². The number of rotatable bonds is 4. The minimum atomic E-state index is -4.81. The first-order chi connectivity index (χ1) is 13.4. The third-order valence-corrected chi connectivity index (χ3v) is 5.46. The predicted molar refractivity (Wildman–Crippen MR) is 99.7 cm³/mol. The molecule has 0 aliphatic heterocycles.